The minimum atomic E-state index is 0.0853. The van der Waals surface area contributed by atoms with Gasteiger partial charge in [0.2, 0.25) is 0 Å². The lowest BCUT2D eigenvalue weighted by atomic mass is 9.55. The van der Waals surface area contributed by atoms with Crippen LogP contribution in [0.3, 0.4) is 0 Å². The Hall–Kier alpha value is -0.830. The topological polar surface area (TPSA) is 29.5 Å². The summed E-state index contributed by atoms with van der Waals surface area (Å²) < 4.78 is 5.90. The molecule has 4 fully saturated rings. The van der Waals surface area contributed by atoms with Gasteiger partial charge in [0, 0.05) is 12.5 Å². The van der Waals surface area contributed by atoms with Crippen LogP contribution in [0.1, 0.15) is 64.7 Å². The molecule has 0 N–H and O–H groups in total. The minimum Gasteiger partial charge on any atom is -0.462 e. The van der Waals surface area contributed by atoms with Crippen molar-refractivity contribution in [3.8, 4) is 0 Å². The van der Waals surface area contributed by atoms with Crippen molar-refractivity contribution in [1.29, 1.82) is 0 Å². The standard InChI is InChI=1S/C21H33NO2/c1-15-8-7-9-21(2)13-19-16(12-18(15)21)17(20(23)24-19)14-22-10-5-3-4-6-11-22/h16-19H,1,3-14H2,2H3/t16-,17-,18-,19-,21-/m1/s1. The molecule has 0 radical (unpaired) electrons. The van der Waals surface area contributed by atoms with Gasteiger partial charge in [-0.25, -0.2) is 0 Å². The van der Waals surface area contributed by atoms with Gasteiger partial charge in [0.15, 0.2) is 0 Å². The van der Waals surface area contributed by atoms with Crippen LogP contribution >= 0.6 is 0 Å². The summed E-state index contributed by atoms with van der Waals surface area (Å²) in [5.41, 5.74) is 1.75. The number of carbonyl (C=O) groups excluding carboxylic acids is 1. The number of fused-ring (bicyclic) bond motifs is 2. The first-order valence-electron chi connectivity index (χ1n) is 10.2. The van der Waals surface area contributed by atoms with Crippen LogP contribution in [-0.4, -0.2) is 36.6 Å². The maximum atomic E-state index is 12.6. The molecule has 4 rings (SSSR count). The van der Waals surface area contributed by atoms with Gasteiger partial charge < -0.3 is 9.64 Å². The number of hydrogen-bond donors (Lipinski definition) is 0. The second kappa shape index (κ2) is 6.48. The Balaban J connectivity index is 1.49. The predicted octanol–water partition coefficient (Wildman–Crippen LogP) is 4.18. The molecule has 5 atom stereocenters. The Labute approximate surface area is 146 Å². The highest BCUT2D eigenvalue weighted by atomic mass is 16.6. The van der Waals surface area contributed by atoms with E-state index in [9.17, 15) is 4.79 Å². The summed E-state index contributed by atoms with van der Waals surface area (Å²) in [6.07, 6.45) is 11.3. The highest BCUT2D eigenvalue weighted by molar-refractivity contribution is 5.75. The fourth-order valence-electron chi connectivity index (χ4n) is 6.06. The largest absolute Gasteiger partial charge is 0.462 e. The number of carbonyl (C=O) groups is 1. The van der Waals surface area contributed by atoms with E-state index in [1.807, 2.05) is 0 Å². The molecule has 2 saturated heterocycles. The van der Waals surface area contributed by atoms with Crippen molar-refractivity contribution in [2.24, 2.45) is 23.2 Å². The second-order valence-corrected chi connectivity index (χ2v) is 9.12. The number of esters is 1. The van der Waals surface area contributed by atoms with Gasteiger partial charge in [-0.2, -0.15) is 0 Å². The summed E-state index contributed by atoms with van der Waals surface area (Å²) in [5.74, 6) is 1.22. The highest BCUT2D eigenvalue weighted by Gasteiger charge is 2.55. The lowest BCUT2D eigenvalue weighted by molar-refractivity contribution is -0.146. The maximum Gasteiger partial charge on any atom is 0.310 e. The first-order valence-corrected chi connectivity index (χ1v) is 10.2. The van der Waals surface area contributed by atoms with Crippen LogP contribution in [0.4, 0.5) is 0 Å². The quantitative estimate of drug-likeness (QED) is 0.562. The molecule has 0 bridgehead atoms. The average Bonchev–Trinajstić information content (AvgIpc) is 2.72. The SMILES string of the molecule is C=C1CCC[C@]2(C)C[C@H]3OC(=O)[C@H](CN4CCCCCC4)[C@H]3C[C@H]12. The Morgan fingerprint density at radius 3 is 2.71 bits per heavy atom. The molecule has 4 aliphatic rings. The molecule has 134 valence electrons. The van der Waals surface area contributed by atoms with Crippen LogP contribution in [0.15, 0.2) is 12.2 Å². The van der Waals surface area contributed by atoms with Crippen molar-refractivity contribution in [2.75, 3.05) is 19.6 Å². The van der Waals surface area contributed by atoms with Gasteiger partial charge in [-0.3, -0.25) is 4.79 Å². The van der Waals surface area contributed by atoms with Crippen LogP contribution in [0.25, 0.3) is 0 Å². The minimum absolute atomic E-state index is 0.0853. The zero-order valence-electron chi connectivity index (χ0n) is 15.3. The molecule has 0 aromatic carbocycles. The third kappa shape index (κ3) is 2.94. The molecule has 3 nitrogen and oxygen atoms in total. The van der Waals surface area contributed by atoms with Crippen molar-refractivity contribution in [2.45, 2.75) is 70.8 Å². The van der Waals surface area contributed by atoms with Crippen LogP contribution in [0.5, 0.6) is 0 Å². The van der Waals surface area contributed by atoms with E-state index < -0.39 is 0 Å². The van der Waals surface area contributed by atoms with Crippen molar-refractivity contribution in [1.82, 2.24) is 4.90 Å². The third-order valence-corrected chi connectivity index (χ3v) is 7.47. The summed E-state index contributed by atoms with van der Waals surface area (Å²) in [6.45, 7) is 10.1. The van der Waals surface area contributed by atoms with Crippen LogP contribution < -0.4 is 0 Å². The summed E-state index contributed by atoms with van der Waals surface area (Å²) in [5, 5.41) is 0. The summed E-state index contributed by atoms with van der Waals surface area (Å²) >= 11 is 0. The van der Waals surface area contributed by atoms with Gasteiger partial charge in [-0.1, -0.05) is 31.9 Å². The number of hydrogen-bond acceptors (Lipinski definition) is 3. The fraction of sp³-hybridized carbons (Fsp3) is 0.857. The molecular weight excluding hydrogens is 298 g/mol. The highest BCUT2D eigenvalue weighted by Crippen LogP contribution is 2.56. The van der Waals surface area contributed by atoms with Gasteiger partial charge in [0.1, 0.15) is 6.10 Å². The van der Waals surface area contributed by atoms with Gasteiger partial charge in [0.05, 0.1) is 5.92 Å². The van der Waals surface area contributed by atoms with E-state index in [4.69, 9.17) is 4.74 Å². The van der Waals surface area contributed by atoms with Crippen molar-refractivity contribution in [3.05, 3.63) is 12.2 Å². The molecule has 0 unspecified atom stereocenters. The van der Waals surface area contributed by atoms with E-state index in [0.29, 0.717) is 17.3 Å². The van der Waals surface area contributed by atoms with Crippen LogP contribution in [0.2, 0.25) is 0 Å². The number of likely N-dealkylation sites (tertiary alicyclic amines) is 1. The van der Waals surface area contributed by atoms with Gasteiger partial charge >= 0.3 is 5.97 Å². The van der Waals surface area contributed by atoms with Crippen LogP contribution in [-0.2, 0) is 9.53 Å². The zero-order chi connectivity index (χ0) is 16.7. The normalized spacial score (nSPS) is 43.7. The Morgan fingerprint density at radius 1 is 1.21 bits per heavy atom. The van der Waals surface area contributed by atoms with E-state index in [0.717, 1.165) is 32.5 Å². The smallest absolute Gasteiger partial charge is 0.310 e. The lowest BCUT2D eigenvalue weighted by Crippen LogP contribution is -2.45. The van der Waals surface area contributed by atoms with Crippen molar-refractivity contribution in [3.63, 3.8) is 0 Å². The summed E-state index contributed by atoms with van der Waals surface area (Å²) in [7, 11) is 0. The molecule has 2 heterocycles. The van der Waals surface area contributed by atoms with E-state index in [1.54, 1.807) is 0 Å². The van der Waals surface area contributed by atoms with Gasteiger partial charge in [-0.15, -0.1) is 0 Å². The average molecular weight is 332 g/mol. The number of nitrogens with zero attached hydrogens (tertiary/aromatic N) is 1. The van der Waals surface area contributed by atoms with Crippen LogP contribution in [0, 0.1) is 23.2 Å². The zero-order valence-corrected chi connectivity index (χ0v) is 15.3. The second-order valence-electron chi connectivity index (χ2n) is 9.12. The third-order valence-electron chi connectivity index (χ3n) is 7.47. The van der Waals surface area contributed by atoms with Crippen molar-refractivity contribution >= 4 is 5.97 Å². The summed E-state index contributed by atoms with van der Waals surface area (Å²) in [6, 6.07) is 0. The Morgan fingerprint density at radius 2 is 1.96 bits per heavy atom. The molecule has 2 aliphatic carbocycles. The molecule has 0 amide bonds. The number of ether oxygens (including phenoxy) is 1. The molecule has 2 saturated carbocycles. The monoisotopic (exact) mass is 331 g/mol. The van der Waals surface area contributed by atoms with E-state index >= 15 is 0 Å². The first-order chi connectivity index (χ1) is 11.6. The van der Waals surface area contributed by atoms with E-state index in [2.05, 4.69) is 18.4 Å². The fourth-order valence-corrected chi connectivity index (χ4v) is 6.06. The number of rotatable bonds is 2. The first kappa shape index (κ1) is 16.6. The molecule has 0 aromatic rings. The Bertz CT molecular complexity index is 508. The van der Waals surface area contributed by atoms with E-state index in [-0.39, 0.29) is 18.0 Å². The van der Waals surface area contributed by atoms with Gasteiger partial charge in [0.25, 0.3) is 0 Å². The molecule has 0 spiro atoms. The molecule has 2 aliphatic heterocycles. The maximum absolute atomic E-state index is 12.6. The van der Waals surface area contributed by atoms with Gasteiger partial charge in [-0.05, 0) is 69.4 Å². The van der Waals surface area contributed by atoms with Crippen molar-refractivity contribution < 1.29 is 9.53 Å². The molecule has 0 aromatic heterocycles. The van der Waals surface area contributed by atoms with E-state index in [1.165, 1.54) is 50.5 Å². The predicted molar refractivity (Wildman–Crippen MR) is 95.6 cm³/mol. The molecule has 24 heavy (non-hydrogen) atoms. The molecular formula is C21H33NO2. The summed E-state index contributed by atoms with van der Waals surface area (Å²) in [4.78, 5) is 15.2. The Kier molecular flexibility index (Phi) is 4.49. The molecule has 3 heteroatoms. The lowest BCUT2D eigenvalue weighted by Gasteiger charge is -2.50. The number of allylic oxidation sites excluding steroid dienone is 1.